The summed E-state index contributed by atoms with van der Waals surface area (Å²) < 4.78 is 0. The van der Waals surface area contributed by atoms with Crippen LogP contribution in [0, 0.1) is 0 Å². The highest BCUT2D eigenvalue weighted by atomic mass is 16.2. The lowest BCUT2D eigenvalue weighted by Crippen LogP contribution is -2.42. The van der Waals surface area contributed by atoms with Gasteiger partial charge in [-0.15, -0.1) is 0 Å². The quantitative estimate of drug-likeness (QED) is 0.801. The summed E-state index contributed by atoms with van der Waals surface area (Å²) >= 11 is 0. The average Bonchev–Trinajstić information content (AvgIpc) is 2.85. The Labute approximate surface area is 110 Å². The van der Waals surface area contributed by atoms with Crippen molar-refractivity contribution in [2.45, 2.75) is 0 Å². The molecule has 19 heavy (non-hydrogen) atoms. The highest BCUT2D eigenvalue weighted by Crippen LogP contribution is 2.32. The molecule has 1 aliphatic rings. The van der Waals surface area contributed by atoms with Gasteiger partial charge in [-0.1, -0.05) is 12.1 Å². The number of para-hydroxylation sites is 2. The molecule has 1 aromatic carbocycles. The molecule has 98 valence electrons. The maximum atomic E-state index is 12.5. The molecule has 0 spiro atoms. The number of aromatic nitrogens is 2. The zero-order valence-electron chi connectivity index (χ0n) is 10.6. The molecule has 0 bridgehead atoms. The number of likely N-dealkylation sites (N-methyl/N-ethyl adjacent to an activating group) is 1. The number of H-pyrrole nitrogens is 1. The van der Waals surface area contributed by atoms with E-state index in [1.165, 1.54) is 6.20 Å². The highest BCUT2D eigenvalue weighted by molar-refractivity contribution is 6.10. The molecule has 2 aromatic rings. The van der Waals surface area contributed by atoms with Gasteiger partial charge in [0.15, 0.2) is 0 Å². The molecule has 1 amide bonds. The monoisotopic (exact) mass is 257 g/mol. The normalized spacial score (nSPS) is 14.4. The number of fused-ring (bicyclic) bond motifs is 1. The van der Waals surface area contributed by atoms with E-state index in [9.17, 15) is 4.79 Å². The van der Waals surface area contributed by atoms with Crippen molar-refractivity contribution in [1.82, 2.24) is 10.2 Å². The van der Waals surface area contributed by atoms with Gasteiger partial charge in [-0.05, 0) is 12.1 Å². The van der Waals surface area contributed by atoms with Gasteiger partial charge < -0.3 is 15.5 Å². The lowest BCUT2D eigenvalue weighted by Gasteiger charge is -2.35. The van der Waals surface area contributed by atoms with E-state index in [4.69, 9.17) is 5.73 Å². The number of amides is 1. The molecule has 0 atom stereocenters. The number of rotatable bonds is 1. The first-order valence-corrected chi connectivity index (χ1v) is 6.09. The fourth-order valence-electron chi connectivity index (χ4n) is 2.33. The minimum atomic E-state index is -0.119. The van der Waals surface area contributed by atoms with Crippen LogP contribution in [0.4, 0.5) is 17.2 Å². The Hall–Kier alpha value is -2.50. The van der Waals surface area contributed by atoms with Crippen LogP contribution in [0.3, 0.4) is 0 Å². The third-order valence-electron chi connectivity index (χ3n) is 3.39. The molecule has 0 fully saturated rings. The number of nitrogens with two attached hydrogens (primary N) is 1. The van der Waals surface area contributed by atoms with Crippen LogP contribution in [0.5, 0.6) is 0 Å². The summed E-state index contributed by atoms with van der Waals surface area (Å²) in [6.07, 6.45) is 1.47. The van der Waals surface area contributed by atoms with Crippen LogP contribution >= 0.6 is 0 Å². The second kappa shape index (κ2) is 4.31. The first-order chi connectivity index (χ1) is 9.18. The topological polar surface area (TPSA) is 78.2 Å². The first-order valence-electron chi connectivity index (χ1n) is 6.09. The number of carbonyl (C=O) groups is 1. The van der Waals surface area contributed by atoms with E-state index in [0.29, 0.717) is 17.9 Å². The Balaban J connectivity index is 2.01. The third kappa shape index (κ3) is 1.81. The Kier molecular flexibility index (Phi) is 2.63. The SMILES string of the molecule is CN1CCN(C(=O)c2cn[nH]c2N)c2ccccc21. The molecule has 6 heteroatoms. The molecule has 1 aromatic heterocycles. The van der Waals surface area contributed by atoms with Crippen LogP contribution in [0.2, 0.25) is 0 Å². The van der Waals surface area contributed by atoms with Crippen LogP contribution in [0.15, 0.2) is 30.5 Å². The summed E-state index contributed by atoms with van der Waals surface area (Å²) in [4.78, 5) is 16.4. The molecule has 3 rings (SSSR count). The fraction of sp³-hybridized carbons (Fsp3) is 0.231. The standard InChI is InChI=1S/C13H15N5O/c1-17-6-7-18(11-5-3-2-4-10(11)17)13(19)9-8-15-16-12(9)14/h2-5,8H,6-7H2,1H3,(H3,14,15,16). The molecule has 0 saturated carbocycles. The summed E-state index contributed by atoms with van der Waals surface area (Å²) in [7, 11) is 2.02. The maximum Gasteiger partial charge on any atom is 0.263 e. The van der Waals surface area contributed by atoms with Crippen LogP contribution in [0.25, 0.3) is 0 Å². The summed E-state index contributed by atoms with van der Waals surface area (Å²) in [5, 5.41) is 6.39. The minimum absolute atomic E-state index is 0.119. The van der Waals surface area contributed by atoms with Gasteiger partial charge in [0.25, 0.3) is 5.91 Å². The molecular weight excluding hydrogens is 242 g/mol. The van der Waals surface area contributed by atoms with Gasteiger partial charge in [-0.3, -0.25) is 9.89 Å². The molecule has 6 nitrogen and oxygen atoms in total. The first kappa shape index (κ1) is 11.6. The number of benzene rings is 1. The van der Waals surface area contributed by atoms with E-state index in [1.54, 1.807) is 4.90 Å². The van der Waals surface area contributed by atoms with Crippen LogP contribution in [-0.4, -0.2) is 36.2 Å². The van der Waals surface area contributed by atoms with Gasteiger partial charge in [0.05, 0.1) is 17.6 Å². The van der Waals surface area contributed by atoms with Crippen molar-refractivity contribution in [3.8, 4) is 0 Å². The van der Waals surface area contributed by atoms with Crippen molar-refractivity contribution in [1.29, 1.82) is 0 Å². The molecule has 1 aliphatic heterocycles. The van der Waals surface area contributed by atoms with Gasteiger partial charge >= 0.3 is 0 Å². The van der Waals surface area contributed by atoms with Gasteiger partial charge in [-0.2, -0.15) is 5.10 Å². The second-order valence-corrected chi connectivity index (χ2v) is 4.56. The van der Waals surface area contributed by atoms with E-state index in [1.807, 2.05) is 31.3 Å². The second-order valence-electron chi connectivity index (χ2n) is 4.56. The van der Waals surface area contributed by atoms with E-state index in [0.717, 1.165) is 17.9 Å². The smallest absolute Gasteiger partial charge is 0.263 e. The predicted octanol–water partition coefficient (Wildman–Crippen LogP) is 1.09. The van der Waals surface area contributed by atoms with Gasteiger partial charge in [0.2, 0.25) is 0 Å². The number of carbonyl (C=O) groups excluding carboxylic acids is 1. The highest BCUT2D eigenvalue weighted by Gasteiger charge is 2.27. The lowest BCUT2D eigenvalue weighted by atomic mass is 10.1. The van der Waals surface area contributed by atoms with Gasteiger partial charge in [0, 0.05) is 20.1 Å². The third-order valence-corrected chi connectivity index (χ3v) is 3.39. The summed E-state index contributed by atoms with van der Waals surface area (Å²) in [6, 6.07) is 7.85. The largest absolute Gasteiger partial charge is 0.383 e. The van der Waals surface area contributed by atoms with Crippen molar-refractivity contribution >= 4 is 23.1 Å². The van der Waals surface area contributed by atoms with Crippen molar-refractivity contribution in [3.63, 3.8) is 0 Å². The number of nitrogen functional groups attached to an aromatic ring is 1. The van der Waals surface area contributed by atoms with E-state index in [-0.39, 0.29) is 5.91 Å². The Morgan fingerprint density at radius 1 is 1.32 bits per heavy atom. The maximum absolute atomic E-state index is 12.5. The zero-order valence-corrected chi connectivity index (χ0v) is 10.6. The van der Waals surface area contributed by atoms with Crippen molar-refractivity contribution in [3.05, 3.63) is 36.0 Å². The Bertz CT molecular complexity index is 621. The van der Waals surface area contributed by atoms with Gasteiger partial charge in [0.1, 0.15) is 11.4 Å². The van der Waals surface area contributed by atoms with Gasteiger partial charge in [-0.25, -0.2) is 0 Å². The number of anilines is 3. The average molecular weight is 257 g/mol. The molecular formula is C13H15N5O. The summed E-state index contributed by atoms with van der Waals surface area (Å²) in [5.41, 5.74) is 8.09. The van der Waals surface area contributed by atoms with E-state index in [2.05, 4.69) is 15.1 Å². The lowest BCUT2D eigenvalue weighted by molar-refractivity contribution is 0.0987. The number of nitrogens with one attached hydrogen (secondary N) is 1. The van der Waals surface area contributed by atoms with Crippen LogP contribution in [-0.2, 0) is 0 Å². The Morgan fingerprint density at radius 3 is 2.74 bits per heavy atom. The van der Waals surface area contributed by atoms with Crippen molar-refractivity contribution in [2.24, 2.45) is 0 Å². The summed E-state index contributed by atoms with van der Waals surface area (Å²) in [5.74, 6) is 0.188. The predicted molar refractivity (Wildman–Crippen MR) is 74.4 cm³/mol. The molecule has 2 heterocycles. The number of hydrogen-bond acceptors (Lipinski definition) is 4. The Morgan fingerprint density at radius 2 is 2.05 bits per heavy atom. The van der Waals surface area contributed by atoms with Crippen LogP contribution in [0.1, 0.15) is 10.4 Å². The molecule has 3 N–H and O–H groups in total. The number of aromatic amines is 1. The number of nitrogens with zero attached hydrogens (tertiary/aromatic N) is 3. The van der Waals surface area contributed by atoms with Crippen molar-refractivity contribution < 1.29 is 4.79 Å². The molecule has 0 unspecified atom stereocenters. The fourth-order valence-corrected chi connectivity index (χ4v) is 2.33. The summed E-state index contributed by atoms with van der Waals surface area (Å²) in [6.45, 7) is 1.43. The zero-order chi connectivity index (χ0) is 13.4. The number of hydrogen-bond donors (Lipinski definition) is 2. The van der Waals surface area contributed by atoms with Crippen LogP contribution < -0.4 is 15.5 Å². The van der Waals surface area contributed by atoms with E-state index < -0.39 is 0 Å². The molecule has 0 aliphatic carbocycles. The molecule has 0 saturated heterocycles. The molecule has 0 radical (unpaired) electrons. The van der Waals surface area contributed by atoms with Crippen molar-refractivity contribution in [2.75, 3.05) is 35.7 Å². The van der Waals surface area contributed by atoms with E-state index >= 15 is 0 Å². The minimum Gasteiger partial charge on any atom is -0.383 e.